The predicted molar refractivity (Wildman–Crippen MR) is 146 cm³/mol. The molecule has 1 N–H and O–H groups in total. The van der Waals surface area contributed by atoms with Crippen molar-refractivity contribution in [1.82, 2.24) is 14.8 Å². The Hall–Kier alpha value is -3.16. The monoisotopic (exact) mass is 502 g/mol. The fourth-order valence-electron chi connectivity index (χ4n) is 4.52. The number of nitrogens with one attached hydrogen (secondary N) is 1. The maximum absolute atomic E-state index is 13.4. The van der Waals surface area contributed by atoms with Crippen molar-refractivity contribution in [2.24, 2.45) is 0 Å². The Morgan fingerprint density at radius 3 is 2.36 bits per heavy atom. The van der Waals surface area contributed by atoms with Crippen molar-refractivity contribution < 1.29 is 9.59 Å². The van der Waals surface area contributed by atoms with Crippen LogP contribution in [0.1, 0.15) is 41.8 Å². The van der Waals surface area contributed by atoms with Crippen molar-refractivity contribution in [3.63, 3.8) is 0 Å². The van der Waals surface area contributed by atoms with Crippen molar-refractivity contribution in [3.05, 3.63) is 83.6 Å². The lowest BCUT2D eigenvalue weighted by Crippen LogP contribution is -2.38. The van der Waals surface area contributed by atoms with Crippen LogP contribution in [-0.2, 0) is 17.6 Å². The van der Waals surface area contributed by atoms with Crippen molar-refractivity contribution in [2.75, 3.05) is 38.0 Å². The van der Waals surface area contributed by atoms with Gasteiger partial charge in [0.05, 0.1) is 12.1 Å². The van der Waals surface area contributed by atoms with Gasteiger partial charge in [0.15, 0.2) is 0 Å². The van der Waals surface area contributed by atoms with E-state index in [0.717, 1.165) is 52.5 Å². The third-order valence-corrected chi connectivity index (χ3v) is 7.49. The van der Waals surface area contributed by atoms with Crippen LogP contribution in [0.15, 0.2) is 76.8 Å². The number of nitrogens with zero attached hydrogens (tertiary/aromatic N) is 3. The van der Waals surface area contributed by atoms with E-state index in [1.165, 1.54) is 11.8 Å². The molecule has 0 atom stereocenters. The van der Waals surface area contributed by atoms with Crippen LogP contribution in [-0.4, -0.2) is 59.3 Å². The molecule has 1 aromatic heterocycles. The van der Waals surface area contributed by atoms with Crippen molar-refractivity contribution in [2.45, 2.75) is 43.0 Å². The molecule has 7 heteroatoms. The lowest BCUT2D eigenvalue weighted by atomic mass is 10.0. The quantitative estimate of drug-likeness (QED) is 0.462. The van der Waals surface area contributed by atoms with Crippen LogP contribution in [0.4, 0.5) is 5.69 Å². The highest BCUT2D eigenvalue weighted by Gasteiger charge is 2.24. The SMILES string of the molecule is CCc1cccc(CC)c1NC(=O)CN1CCCN(C(=O)c2cccnc2Sc2ccccc2)CC1. The Kier molecular flexibility index (Phi) is 9.14. The minimum Gasteiger partial charge on any atom is -0.337 e. The molecule has 3 aromatic rings. The highest BCUT2D eigenvalue weighted by Crippen LogP contribution is 2.29. The summed E-state index contributed by atoms with van der Waals surface area (Å²) in [5.41, 5.74) is 3.91. The molecule has 0 saturated carbocycles. The zero-order chi connectivity index (χ0) is 25.3. The van der Waals surface area contributed by atoms with E-state index in [1.54, 1.807) is 6.20 Å². The Morgan fingerprint density at radius 1 is 0.889 bits per heavy atom. The summed E-state index contributed by atoms with van der Waals surface area (Å²) in [7, 11) is 0. The highest BCUT2D eigenvalue weighted by atomic mass is 32.2. The molecule has 2 amide bonds. The largest absolute Gasteiger partial charge is 0.337 e. The lowest BCUT2D eigenvalue weighted by molar-refractivity contribution is -0.117. The standard InChI is InChI=1S/C29H34N4O2S/c1-3-22-11-8-12-23(4-2)27(22)31-26(34)21-32-17-10-18-33(20-19-32)29(35)25-15-9-16-30-28(25)36-24-13-6-5-7-14-24/h5-9,11-16H,3-4,10,17-21H2,1-2H3,(H,31,34). The maximum atomic E-state index is 13.4. The van der Waals surface area contributed by atoms with E-state index in [2.05, 4.69) is 47.2 Å². The molecular weight excluding hydrogens is 468 g/mol. The first-order valence-electron chi connectivity index (χ1n) is 12.7. The molecule has 0 spiro atoms. The smallest absolute Gasteiger partial charge is 0.256 e. The van der Waals surface area contributed by atoms with Gasteiger partial charge in [0.1, 0.15) is 5.03 Å². The van der Waals surface area contributed by atoms with E-state index < -0.39 is 0 Å². The zero-order valence-corrected chi connectivity index (χ0v) is 21.9. The predicted octanol–water partition coefficient (Wildman–Crippen LogP) is 5.14. The number of aromatic nitrogens is 1. The zero-order valence-electron chi connectivity index (χ0n) is 21.1. The number of aryl methyl sites for hydroxylation is 2. The summed E-state index contributed by atoms with van der Waals surface area (Å²) in [5, 5.41) is 3.89. The number of rotatable bonds is 8. The Bertz CT molecular complexity index is 1160. The maximum Gasteiger partial charge on any atom is 0.256 e. The molecule has 0 radical (unpaired) electrons. The lowest BCUT2D eigenvalue weighted by Gasteiger charge is -2.23. The van der Waals surface area contributed by atoms with Crippen LogP contribution in [0.2, 0.25) is 0 Å². The van der Waals surface area contributed by atoms with E-state index in [0.29, 0.717) is 31.7 Å². The minimum absolute atomic E-state index is 0.000756. The van der Waals surface area contributed by atoms with Gasteiger partial charge in [-0.3, -0.25) is 14.5 Å². The summed E-state index contributed by atoms with van der Waals surface area (Å²) in [6.45, 7) is 7.24. The molecule has 36 heavy (non-hydrogen) atoms. The fourth-order valence-corrected chi connectivity index (χ4v) is 5.42. The number of hydrogen-bond donors (Lipinski definition) is 1. The molecule has 0 bridgehead atoms. The topological polar surface area (TPSA) is 65.5 Å². The van der Waals surface area contributed by atoms with Crippen LogP contribution >= 0.6 is 11.8 Å². The molecule has 0 unspecified atom stereocenters. The number of carbonyl (C=O) groups is 2. The second kappa shape index (κ2) is 12.7. The summed E-state index contributed by atoms with van der Waals surface area (Å²) in [6.07, 6.45) is 4.31. The average molecular weight is 503 g/mol. The molecule has 1 fully saturated rings. The van der Waals surface area contributed by atoms with Gasteiger partial charge in [0.2, 0.25) is 5.91 Å². The minimum atomic E-state index is -0.00251. The third kappa shape index (κ3) is 6.53. The Morgan fingerprint density at radius 2 is 1.64 bits per heavy atom. The number of para-hydroxylation sites is 1. The molecule has 2 aromatic carbocycles. The van der Waals surface area contributed by atoms with Gasteiger partial charge in [-0.1, -0.05) is 62.0 Å². The fraction of sp³-hybridized carbons (Fsp3) is 0.345. The number of hydrogen-bond acceptors (Lipinski definition) is 5. The second-order valence-electron chi connectivity index (χ2n) is 8.90. The first kappa shape index (κ1) is 25.9. The number of benzene rings is 2. The molecule has 0 aliphatic carbocycles. The average Bonchev–Trinajstić information content (AvgIpc) is 3.15. The van der Waals surface area contributed by atoms with Gasteiger partial charge in [0.25, 0.3) is 5.91 Å². The van der Waals surface area contributed by atoms with Crippen LogP contribution in [0.3, 0.4) is 0 Å². The van der Waals surface area contributed by atoms with Crippen molar-refractivity contribution in [3.8, 4) is 0 Å². The van der Waals surface area contributed by atoms with E-state index in [4.69, 9.17) is 0 Å². The van der Waals surface area contributed by atoms with Crippen molar-refractivity contribution in [1.29, 1.82) is 0 Å². The van der Waals surface area contributed by atoms with Crippen LogP contribution in [0.5, 0.6) is 0 Å². The molecular formula is C29H34N4O2S. The van der Waals surface area contributed by atoms with E-state index >= 15 is 0 Å². The number of anilines is 1. The van der Waals surface area contributed by atoms with E-state index in [1.807, 2.05) is 47.4 Å². The molecule has 188 valence electrons. The molecule has 1 aliphatic rings. The van der Waals surface area contributed by atoms with Crippen LogP contribution in [0, 0.1) is 0 Å². The van der Waals surface area contributed by atoms with Crippen LogP contribution < -0.4 is 5.32 Å². The van der Waals surface area contributed by atoms with E-state index in [9.17, 15) is 9.59 Å². The van der Waals surface area contributed by atoms with Gasteiger partial charge in [0, 0.05) is 43.0 Å². The van der Waals surface area contributed by atoms with Crippen molar-refractivity contribution >= 4 is 29.3 Å². The Balaban J connectivity index is 1.38. The van der Waals surface area contributed by atoms with Gasteiger partial charge < -0.3 is 10.2 Å². The Labute approximate surface area is 218 Å². The summed E-state index contributed by atoms with van der Waals surface area (Å²) in [4.78, 5) is 36.0. The van der Waals surface area contributed by atoms with Gasteiger partial charge in [-0.15, -0.1) is 0 Å². The second-order valence-corrected chi connectivity index (χ2v) is 9.96. The molecule has 2 heterocycles. The normalized spacial score (nSPS) is 14.3. The van der Waals surface area contributed by atoms with E-state index in [-0.39, 0.29) is 11.8 Å². The molecule has 1 saturated heterocycles. The molecule has 6 nitrogen and oxygen atoms in total. The first-order chi connectivity index (χ1) is 17.6. The third-order valence-electron chi connectivity index (χ3n) is 6.47. The number of carbonyl (C=O) groups excluding carboxylic acids is 2. The van der Waals surface area contributed by atoms with Gasteiger partial charge >= 0.3 is 0 Å². The highest BCUT2D eigenvalue weighted by molar-refractivity contribution is 7.99. The summed E-state index contributed by atoms with van der Waals surface area (Å²) < 4.78 is 0. The number of pyridine rings is 1. The van der Waals surface area contributed by atoms with Crippen LogP contribution in [0.25, 0.3) is 0 Å². The molecule has 4 rings (SSSR count). The summed E-state index contributed by atoms with van der Waals surface area (Å²) in [5.74, 6) is -0.00326. The number of amides is 2. The summed E-state index contributed by atoms with van der Waals surface area (Å²) >= 11 is 1.51. The molecule has 1 aliphatic heterocycles. The summed E-state index contributed by atoms with van der Waals surface area (Å²) in [6, 6.07) is 19.9. The van der Waals surface area contributed by atoms with Gasteiger partial charge in [-0.05, 0) is 54.7 Å². The van der Waals surface area contributed by atoms with Gasteiger partial charge in [-0.2, -0.15) is 0 Å². The first-order valence-corrected chi connectivity index (χ1v) is 13.5. The van der Waals surface area contributed by atoms with Gasteiger partial charge in [-0.25, -0.2) is 4.98 Å².